The second-order valence-electron chi connectivity index (χ2n) is 5.37. The number of hydrogen-bond acceptors (Lipinski definition) is 3. The van der Waals surface area contributed by atoms with Crippen LogP contribution in [0.3, 0.4) is 0 Å². The summed E-state index contributed by atoms with van der Waals surface area (Å²) < 4.78 is 39.6. The van der Waals surface area contributed by atoms with Gasteiger partial charge < -0.3 is 5.32 Å². The number of nitrogens with one attached hydrogen (secondary N) is 2. The van der Waals surface area contributed by atoms with Gasteiger partial charge >= 0.3 is 0 Å². The van der Waals surface area contributed by atoms with E-state index in [4.69, 9.17) is 0 Å². The summed E-state index contributed by atoms with van der Waals surface area (Å²) in [4.78, 5) is 0.0984. The molecule has 0 saturated carbocycles. The van der Waals surface area contributed by atoms with Gasteiger partial charge in [0.2, 0.25) is 10.0 Å². The molecule has 7 heteroatoms. The molecule has 0 radical (unpaired) electrons. The first-order valence-electron chi connectivity index (χ1n) is 6.37. The summed E-state index contributed by atoms with van der Waals surface area (Å²) in [5.41, 5.74) is -0.0641. The Morgan fingerprint density at radius 3 is 2.55 bits per heavy atom. The van der Waals surface area contributed by atoms with Crippen molar-refractivity contribution in [1.82, 2.24) is 10.0 Å². The van der Waals surface area contributed by atoms with Crippen LogP contribution in [0.15, 0.2) is 29.2 Å². The number of piperidine rings is 1. The third-order valence-electron chi connectivity index (χ3n) is 3.50. The van der Waals surface area contributed by atoms with Crippen molar-refractivity contribution in [2.45, 2.75) is 24.7 Å². The fourth-order valence-corrected chi connectivity index (χ4v) is 3.44. The molecule has 1 saturated heterocycles. The molecule has 1 fully saturated rings. The summed E-state index contributed by atoms with van der Waals surface area (Å²) in [5.74, 6) is -0.442. The fourth-order valence-electron chi connectivity index (χ4n) is 2.24. The van der Waals surface area contributed by atoms with Gasteiger partial charge in [0.05, 0.1) is 4.90 Å². The van der Waals surface area contributed by atoms with Gasteiger partial charge in [-0.2, -0.15) is 0 Å². The largest absolute Gasteiger partial charge is 0.316 e. The lowest BCUT2D eigenvalue weighted by atomic mass is 9.83. The molecule has 4 nitrogen and oxygen atoms in total. The molecule has 1 aliphatic rings. The van der Waals surface area contributed by atoms with Crippen LogP contribution in [0.5, 0.6) is 0 Å². The van der Waals surface area contributed by atoms with Gasteiger partial charge in [-0.05, 0) is 49.1 Å². The Kier molecular flexibility index (Phi) is 5.94. The highest BCUT2D eigenvalue weighted by atomic mass is 35.5. The van der Waals surface area contributed by atoms with Crippen LogP contribution in [0.25, 0.3) is 0 Å². The molecule has 1 heterocycles. The van der Waals surface area contributed by atoms with E-state index in [9.17, 15) is 12.8 Å². The van der Waals surface area contributed by atoms with Crippen LogP contribution in [0.1, 0.15) is 19.8 Å². The molecule has 0 spiro atoms. The van der Waals surface area contributed by atoms with Gasteiger partial charge in [-0.1, -0.05) is 6.92 Å². The number of benzene rings is 1. The average molecular weight is 323 g/mol. The van der Waals surface area contributed by atoms with E-state index in [0.717, 1.165) is 38.1 Å². The topological polar surface area (TPSA) is 58.2 Å². The Balaban J connectivity index is 0.00000200. The summed E-state index contributed by atoms with van der Waals surface area (Å²) in [5, 5.41) is 3.27. The molecule has 20 heavy (non-hydrogen) atoms. The number of halogens is 2. The van der Waals surface area contributed by atoms with Crippen molar-refractivity contribution in [1.29, 1.82) is 0 Å². The molecule has 0 aliphatic carbocycles. The zero-order valence-corrected chi connectivity index (χ0v) is 13.0. The van der Waals surface area contributed by atoms with E-state index in [0.29, 0.717) is 6.54 Å². The lowest BCUT2D eigenvalue weighted by Gasteiger charge is -2.34. The monoisotopic (exact) mass is 322 g/mol. The van der Waals surface area contributed by atoms with Crippen molar-refractivity contribution in [3.05, 3.63) is 30.1 Å². The molecule has 1 atom stereocenters. The molecular weight excluding hydrogens is 303 g/mol. The average Bonchev–Trinajstić information content (AvgIpc) is 2.38. The number of rotatable bonds is 4. The van der Waals surface area contributed by atoms with Crippen LogP contribution in [-0.4, -0.2) is 28.1 Å². The molecule has 1 aromatic rings. The number of hydrogen-bond donors (Lipinski definition) is 2. The van der Waals surface area contributed by atoms with Crippen molar-refractivity contribution in [2.24, 2.45) is 5.41 Å². The first kappa shape index (κ1) is 17.4. The first-order valence-corrected chi connectivity index (χ1v) is 7.86. The molecular formula is C13H20ClFN2O2S. The lowest BCUT2D eigenvalue weighted by Crippen LogP contribution is -2.45. The van der Waals surface area contributed by atoms with E-state index in [2.05, 4.69) is 17.0 Å². The van der Waals surface area contributed by atoms with Crippen molar-refractivity contribution in [2.75, 3.05) is 19.6 Å². The fraction of sp³-hybridized carbons (Fsp3) is 0.538. The Morgan fingerprint density at radius 2 is 2.00 bits per heavy atom. The van der Waals surface area contributed by atoms with Crippen LogP contribution in [-0.2, 0) is 10.0 Å². The van der Waals surface area contributed by atoms with Crippen molar-refractivity contribution >= 4 is 22.4 Å². The zero-order valence-electron chi connectivity index (χ0n) is 11.4. The lowest BCUT2D eigenvalue weighted by molar-refractivity contribution is 0.238. The normalized spacial score (nSPS) is 23.1. The summed E-state index contributed by atoms with van der Waals surface area (Å²) >= 11 is 0. The van der Waals surface area contributed by atoms with Crippen LogP contribution < -0.4 is 10.0 Å². The highest BCUT2D eigenvalue weighted by Crippen LogP contribution is 2.25. The Hall–Kier alpha value is -0.690. The van der Waals surface area contributed by atoms with Gasteiger partial charge in [0, 0.05) is 13.1 Å². The van der Waals surface area contributed by atoms with E-state index in [1.165, 1.54) is 12.1 Å². The molecule has 1 unspecified atom stereocenters. The molecule has 0 amide bonds. The van der Waals surface area contributed by atoms with Gasteiger partial charge in [0.15, 0.2) is 0 Å². The van der Waals surface area contributed by atoms with E-state index in [1.807, 2.05) is 0 Å². The van der Waals surface area contributed by atoms with Crippen LogP contribution in [0, 0.1) is 11.2 Å². The van der Waals surface area contributed by atoms with Crippen molar-refractivity contribution in [3.8, 4) is 0 Å². The van der Waals surface area contributed by atoms with Crippen LogP contribution in [0.4, 0.5) is 4.39 Å². The van der Waals surface area contributed by atoms with Gasteiger partial charge in [-0.3, -0.25) is 0 Å². The number of sulfonamides is 1. The van der Waals surface area contributed by atoms with Gasteiger partial charge in [0.1, 0.15) is 5.82 Å². The minimum absolute atomic E-state index is 0. The van der Waals surface area contributed by atoms with Crippen LogP contribution >= 0.6 is 12.4 Å². The van der Waals surface area contributed by atoms with Gasteiger partial charge in [-0.15, -0.1) is 12.4 Å². The quantitative estimate of drug-likeness (QED) is 0.890. The summed E-state index contributed by atoms with van der Waals surface area (Å²) in [7, 11) is -3.56. The predicted octanol–water partition coefficient (Wildman–Crippen LogP) is 1.92. The minimum Gasteiger partial charge on any atom is -0.316 e. The van der Waals surface area contributed by atoms with E-state index in [1.54, 1.807) is 0 Å². The molecule has 0 bridgehead atoms. The Morgan fingerprint density at radius 1 is 1.35 bits per heavy atom. The van der Waals surface area contributed by atoms with Gasteiger partial charge in [-0.25, -0.2) is 17.5 Å². The molecule has 0 aromatic heterocycles. The minimum atomic E-state index is -3.56. The van der Waals surface area contributed by atoms with E-state index >= 15 is 0 Å². The summed E-state index contributed by atoms with van der Waals surface area (Å²) in [6.45, 7) is 4.24. The molecule has 2 N–H and O–H groups in total. The second-order valence-corrected chi connectivity index (χ2v) is 7.14. The third kappa shape index (κ3) is 4.41. The SMILES string of the molecule is CC1(CNS(=O)(=O)c2ccc(F)cc2)CCCNC1.Cl. The van der Waals surface area contributed by atoms with Gasteiger partial charge in [0.25, 0.3) is 0 Å². The maximum absolute atomic E-state index is 12.8. The summed E-state index contributed by atoms with van der Waals surface area (Å²) in [6.07, 6.45) is 2.04. The predicted molar refractivity (Wildman–Crippen MR) is 79.0 cm³/mol. The van der Waals surface area contributed by atoms with Crippen molar-refractivity contribution in [3.63, 3.8) is 0 Å². The van der Waals surface area contributed by atoms with Crippen molar-refractivity contribution < 1.29 is 12.8 Å². The zero-order chi connectivity index (χ0) is 13.9. The molecule has 2 rings (SSSR count). The second kappa shape index (κ2) is 6.85. The van der Waals surface area contributed by atoms with E-state index < -0.39 is 15.8 Å². The third-order valence-corrected chi connectivity index (χ3v) is 4.92. The molecule has 1 aliphatic heterocycles. The molecule has 1 aromatic carbocycles. The molecule has 114 valence electrons. The highest BCUT2D eigenvalue weighted by Gasteiger charge is 2.28. The van der Waals surface area contributed by atoms with Crippen LogP contribution in [0.2, 0.25) is 0 Å². The Bertz CT molecular complexity index is 528. The Labute approximate surface area is 125 Å². The standard InChI is InChI=1S/C13H19FN2O2S.ClH/c1-13(7-2-8-15-9-13)10-16-19(17,18)12-5-3-11(14)4-6-12;/h3-6,15-16H,2,7-10H2,1H3;1H. The summed E-state index contributed by atoms with van der Waals surface area (Å²) in [6, 6.07) is 4.86. The smallest absolute Gasteiger partial charge is 0.240 e. The maximum Gasteiger partial charge on any atom is 0.240 e. The first-order chi connectivity index (χ1) is 8.91. The maximum atomic E-state index is 12.8. The highest BCUT2D eigenvalue weighted by molar-refractivity contribution is 7.89. The van der Waals surface area contributed by atoms with E-state index in [-0.39, 0.29) is 22.7 Å².